The van der Waals surface area contributed by atoms with Crippen LogP contribution in [0.1, 0.15) is 12.0 Å². The molecule has 3 rings (SSSR count). The highest BCUT2D eigenvalue weighted by Gasteiger charge is 2.29. The summed E-state index contributed by atoms with van der Waals surface area (Å²) in [5, 5.41) is 5.46. The Labute approximate surface area is 176 Å². The monoisotopic (exact) mass is 430 g/mol. The zero-order chi connectivity index (χ0) is 21.7. The maximum absolute atomic E-state index is 12.2. The first-order valence-electron chi connectivity index (χ1n) is 9.65. The minimum Gasteiger partial charge on any atom is -0.338 e. The molecule has 2 aromatic rings. The molecule has 0 bridgehead atoms. The smallest absolute Gasteiger partial charge is 0.319 e. The molecule has 30 heavy (non-hydrogen) atoms. The third-order valence-corrected chi connectivity index (χ3v) is 6.78. The third kappa shape index (κ3) is 5.37. The summed E-state index contributed by atoms with van der Waals surface area (Å²) >= 11 is 0. The van der Waals surface area contributed by atoms with Crippen molar-refractivity contribution < 1.29 is 18.0 Å². The Hall–Kier alpha value is -2.91. The van der Waals surface area contributed by atoms with Crippen molar-refractivity contribution in [3.63, 3.8) is 0 Å². The number of hydrogen-bond donors (Lipinski definition) is 2. The highest BCUT2D eigenvalue weighted by molar-refractivity contribution is 7.89. The van der Waals surface area contributed by atoms with Gasteiger partial charge >= 0.3 is 6.03 Å². The number of rotatable bonds is 7. The zero-order valence-corrected chi connectivity index (χ0v) is 17.9. The molecule has 0 spiro atoms. The molecule has 2 aromatic carbocycles. The number of nitrogens with one attached hydrogen (secondary N) is 2. The normalized spacial score (nSPS) is 16.7. The zero-order valence-electron chi connectivity index (χ0n) is 17.0. The van der Waals surface area contributed by atoms with Crippen LogP contribution in [-0.2, 0) is 21.4 Å². The summed E-state index contributed by atoms with van der Waals surface area (Å²) in [6, 6.07) is 15.4. The molecule has 1 heterocycles. The van der Waals surface area contributed by atoms with Crippen LogP contribution in [0, 0.1) is 5.92 Å². The van der Waals surface area contributed by atoms with Gasteiger partial charge in [-0.05, 0) is 29.8 Å². The fraction of sp³-hybridized carbons (Fsp3) is 0.333. The standard InChI is InChI=1S/C21H26N4O4S/c1-24(2)30(28,29)19-10-8-18(9-11-19)23-21(27)22-13-17-12-20(26)25(15-17)14-16-6-4-3-5-7-16/h3-11,17H,12-15H2,1-2H3,(H2,22,23,27). The van der Waals surface area contributed by atoms with Crippen LogP contribution < -0.4 is 10.6 Å². The van der Waals surface area contributed by atoms with Crippen LogP contribution in [0.15, 0.2) is 59.5 Å². The van der Waals surface area contributed by atoms with E-state index in [1.165, 1.54) is 38.4 Å². The lowest BCUT2D eigenvalue weighted by Gasteiger charge is -2.17. The average molecular weight is 431 g/mol. The lowest BCUT2D eigenvalue weighted by Crippen LogP contribution is -2.34. The molecule has 0 radical (unpaired) electrons. The molecule has 1 aliphatic heterocycles. The molecule has 0 aliphatic carbocycles. The van der Waals surface area contributed by atoms with Gasteiger partial charge in [0.1, 0.15) is 0 Å². The molecule has 1 unspecified atom stereocenters. The minimum absolute atomic E-state index is 0.0552. The topological polar surface area (TPSA) is 98.8 Å². The van der Waals surface area contributed by atoms with Gasteiger partial charge in [-0.3, -0.25) is 4.79 Å². The fourth-order valence-corrected chi connectivity index (χ4v) is 4.18. The predicted octanol–water partition coefficient (Wildman–Crippen LogP) is 2.11. The van der Waals surface area contributed by atoms with Gasteiger partial charge in [0.2, 0.25) is 15.9 Å². The van der Waals surface area contributed by atoms with Gasteiger partial charge in [0.15, 0.2) is 0 Å². The van der Waals surface area contributed by atoms with Gasteiger partial charge in [-0.25, -0.2) is 17.5 Å². The Morgan fingerprint density at radius 1 is 1.10 bits per heavy atom. The highest BCUT2D eigenvalue weighted by Crippen LogP contribution is 2.20. The van der Waals surface area contributed by atoms with E-state index in [-0.39, 0.29) is 16.7 Å². The lowest BCUT2D eigenvalue weighted by atomic mass is 10.1. The van der Waals surface area contributed by atoms with Gasteiger partial charge in [0.05, 0.1) is 4.90 Å². The molecule has 9 heteroatoms. The van der Waals surface area contributed by atoms with E-state index < -0.39 is 16.1 Å². The molecule has 1 atom stereocenters. The van der Waals surface area contributed by atoms with Crippen molar-refractivity contribution in [1.29, 1.82) is 0 Å². The minimum atomic E-state index is -3.51. The quantitative estimate of drug-likeness (QED) is 0.703. The maximum atomic E-state index is 12.2. The van der Waals surface area contributed by atoms with Gasteiger partial charge in [-0.1, -0.05) is 30.3 Å². The number of urea groups is 1. The summed E-state index contributed by atoms with van der Waals surface area (Å²) in [6.07, 6.45) is 0.407. The summed E-state index contributed by atoms with van der Waals surface area (Å²) in [4.78, 5) is 26.4. The molecule has 0 aromatic heterocycles. The van der Waals surface area contributed by atoms with Crippen LogP contribution in [0.25, 0.3) is 0 Å². The van der Waals surface area contributed by atoms with Crippen molar-refractivity contribution in [1.82, 2.24) is 14.5 Å². The predicted molar refractivity (Wildman–Crippen MR) is 114 cm³/mol. The molecule has 2 N–H and O–H groups in total. The summed E-state index contributed by atoms with van der Waals surface area (Å²) in [7, 11) is -0.584. The second-order valence-electron chi connectivity index (χ2n) is 7.48. The van der Waals surface area contributed by atoms with Gasteiger partial charge in [0, 0.05) is 51.8 Å². The van der Waals surface area contributed by atoms with Gasteiger partial charge in [-0.2, -0.15) is 0 Å². The van der Waals surface area contributed by atoms with Crippen molar-refractivity contribution >= 4 is 27.6 Å². The molecule has 8 nitrogen and oxygen atoms in total. The molecule has 1 fully saturated rings. The Kier molecular flexibility index (Phi) is 6.73. The van der Waals surface area contributed by atoms with E-state index >= 15 is 0 Å². The fourth-order valence-electron chi connectivity index (χ4n) is 3.28. The van der Waals surface area contributed by atoms with Gasteiger partial charge in [0.25, 0.3) is 0 Å². The van der Waals surface area contributed by atoms with E-state index in [1.807, 2.05) is 35.2 Å². The summed E-state index contributed by atoms with van der Waals surface area (Å²) in [5.41, 5.74) is 1.57. The second kappa shape index (κ2) is 9.27. The SMILES string of the molecule is CN(C)S(=O)(=O)c1ccc(NC(=O)NCC2CC(=O)N(Cc3ccccc3)C2)cc1. The number of sulfonamides is 1. The number of likely N-dealkylation sites (tertiary alicyclic amines) is 1. The van der Waals surface area contributed by atoms with Crippen LogP contribution in [0.3, 0.4) is 0 Å². The van der Waals surface area contributed by atoms with E-state index in [9.17, 15) is 18.0 Å². The van der Waals surface area contributed by atoms with E-state index in [4.69, 9.17) is 0 Å². The third-order valence-electron chi connectivity index (χ3n) is 4.95. The number of hydrogen-bond acceptors (Lipinski definition) is 4. The number of benzene rings is 2. The van der Waals surface area contributed by atoms with Crippen LogP contribution in [-0.4, -0.2) is 56.7 Å². The van der Waals surface area contributed by atoms with Gasteiger partial charge < -0.3 is 15.5 Å². The van der Waals surface area contributed by atoms with E-state index in [1.54, 1.807) is 0 Å². The van der Waals surface area contributed by atoms with E-state index in [2.05, 4.69) is 10.6 Å². The Bertz CT molecular complexity index is 991. The largest absolute Gasteiger partial charge is 0.338 e. The first-order valence-corrected chi connectivity index (χ1v) is 11.1. The van der Waals surface area contributed by atoms with Crippen molar-refractivity contribution in [2.75, 3.05) is 32.5 Å². The molecule has 0 saturated carbocycles. The first kappa shape index (κ1) is 21.8. The number of carbonyl (C=O) groups is 2. The molecule has 160 valence electrons. The number of carbonyl (C=O) groups excluding carboxylic acids is 2. The van der Waals surface area contributed by atoms with Crippen molar-refractivity contribution in [3.8, 4) is 0 Å². The molecular weight excluding hydrogens is 404 g/mol. The van der Waals surface area contributed by atoms with Gasteiger partial charge in [-0.15, -0.1) is 0 Å². The van der Waals surface area contributed by atoms with Crippen molar-refractivity contribution in [2.45, 2.75) is 17.9 Å². The second-order valence-corrected chi connectivity index (χ2v) is 9.63. The van der Waals surface area contributed by atoms with Crippen LogP contribution >= 0.6 is 0 Å². The van der Waals surface area contributed by atoms with E-state index in [0.717, 1.165) is 9.87 Å². The van der Waals surface area contributed by atoms with E-state index in [0.29, 0.717) is 31.7 Å². The Morgan fingerprint density at radius 2 is 1.77 bits per heavy atom. The molecule has 1 saturated heterocycles. The molecule has 3 amide bonds. The van der Waals surface area contributed by atoms with Crippen molar-refractivity contribution in [2.24, 2.45) is 5.92 Å². The maximum Gasteiger partial charge on any atom is 0.319 e. The number of amides is 3. The Morgan fingerprint density at radius 3 is 2.40 bits per heavy atom. The lowest BCUT2D eigenvalue weighted by molar-refractivity contribution is -0.128. The molecule has 1 aliphatic rings. The molecular formula is C21H26N4O4S. The highest BCUT2D eigenvalue weighted by atomic mass is 32.2. The summed E-state index contributed by atoms with van der Waals surface area (Å²) in [6.45, 7) is 1.56. The number of nitrogens with zero attached hydrogens (tertiary/aromatic N) is 2. The van der Waals surface area contributed by atoms with Crippen LogP contribution in [0.5, 0.6) is 0 Å². The summed E-state index contributed by atoms with van der Waals surface area (Å²) in [5.74, 6) is 0.142. The number of anilines is 1. The van der Waals surface area contributed by atoms with Crippen LogP contribution in [0.4, 0.5) is 10.5 Å². The summed E-state index contributed by atoms with van der Waals surface area (Å²) < 4.78 is 25.3. The van der Waals surface area contributed by atoms with Crippen LogP contribution in [0.2, 0.25) is 0 Å². The average Bonchev–Trinajstić information content (AvgIpc) is 3.07. The first-order chi connectivity index (χ1) is 14.3. The Balaban J connectivity index is 1.47. The van der Waals surface area contributed by atoms with Crippen molar-refractivity contribution in [3.05, 3.63) is 60.2 Å².